The molecule has 0 aliphatic heterocycles. The van der Waals surface area contributed by atoms with Crippen molar-refractivity contribution in [2.75, 3.05) is 6.61 Å². The van der Waals surface area contributed by atoms with Gasteiger partial charge < -0.3 is 10.5 Å². The standard InChI is InChI=1S/C16H17F2NO/c1-2-20-14-6-3-11(4-7-14)16(19)10-12-9-13(17)5-8-15(12)18/h3-9,16H,2,10,19H2,1H3. The van der Waals surface area contributed by atoms with Crippen molar-refractivity contribution in [2.24, 2.45) is 5.73 Å². The second-order valence-corrected chi connectivity index (χ2v) is 4.55. The Kier molecular flexibility index (Phi) is 4.69. The van der Waals surface area contributed by atoms with Crippen LogP contribution >= 0.6 is 0 Å². The number of hydrogen-bond acceptors (Lipinski definition) is 2. The first kappa shape index (κ1) is 14.5. The molecule has 0 bridgehead atoms. The van der Waals surface area contributed by atoms with Crippen molar-refractivity contribution in [3.63, 3.8) is 0 Å². The van der Waals surface area contributed by atoms with Gasteiger partial charge in [-0.05, 0) is 54.8 Å². The van der Waals surface area contributed by atoms with E-state index < -0.39 is 11.6 Å². The summed E-state index contributed by atoms with van der Waals surface area (Å²) in [4.78, 5) is 0. The molecule has 20 heavy (non-hydrogen) atoms. The predicted octanol–water partition coefficient (Wildman–Crippen LogP) is 3.61. The normalized spacial score (nSPS) is 12.2. The lowest BCUT2D eigenvalue weighted by atomic mass is 9.99. The third kappa shape index (κ3) is 3.54. The van der Waals surface area contributed by atoms with Gasteiger partial charge in [-0.25, -0.2) is 8.78 Å². The molecule has 4 heteroatoms. The largest absolute Gasteiger partial charge is 0.494 e. The van der Waals surface area contributed by atoms with Crippen molar-refractivity contribution in [2.45, 2.75) is 19.4 Å². The summed E-state index contributed by atoms with van der Waals surface area (Å²) in [6.07, 6.45) is 0.248. The Morgan fingerprint density at radius 3 is 2.45 bits per heavy atom. The van der Waals surface area contributed by atoms with Crippen LogP contribution in [0.5, 0.6) is 5.75 Å². The summed E-state index contributed by atoms with van der Waals surface area (Å²) < 4.78 is 32.0. The van der Waals surface area contributed by atoms with Crippen LogP contribution in [0.15, 0.2) is 42.5 Å². The Hall–Kier alpha value is -1.94. The van der Waals surface area contributed by atoms with Crippen LogP contribution in [0.25, 0.3) is 0 Å². The molecule has 1 atom stereocenters. The molecule has 0 radical (unpaired) electrons. The Labute approximate surface area is 117 Å². The van der Waals surface area contributed by atoms with Crippen molar-refractivity contribution < 1.29 is 13.5 Å². The van der Waals surface area contributed by atoms with E-state index in [2.05, 4.69) is 0 Å². The van der Waals surface area contributed by atoms with E-state index in [0.29, 0.717) is 6.61 Å². The van der Waals surface area contributed by atoms with Gasteiger partial charge in [0.2, 0.25) is 0 Å². The minimum absolute atomic E-state index is 0.248. The van der Waals surface area contributed by atoms with Crippen LogP contribution in [0.1, 0.15) is 24.1 Å². The summed E-state index contributed by atoms with van der Waals surface area (Å²) >= 11 is 0. The van der Waals surface area contributed by atoms with E-state index in [1.165, 1.54) is 6.07 Å². The molecular formula is C16H17F2NO. The van der Waals surface area contributed by atoms with E-state index in [-0.39, 0.29) is 18.0 Å². The second-order valence-electron chi connectivity index (χ2n) is 4.55. The van der Waals surface area contributed by atoms with Crippen molar-refractivity contribution in [1.29, 1.82) is 0 Å². The Morgan fingerprint density at radius 1 is 1.10 bits per heavy atom. The molecule has 2 N–H and O–H groups in total. The third-order valence-electron chi connectivity index (χ3n) is 3.07. The van der Waals surface area contributed by atoms with Gasteiger partial charge in [0, 0.05) is 6.04 Å². The lowest BCUT2D eigenvalue weighted by Crippen LogP contribution is -2.14. The van der Waals surface area contributed by atoms with E-state index in [1.54, 1.807) is 0 Å². The average molecular weight is 277 g/mol. The maximum atomic E-state index is 13.6. The molecule has 1 unspecified atom stereocenters. The highest BCUT2D eigenvalue weighted by Crippen LogP contribution is 2.21. The molecule has 2 rings (SSSR count). The minimum atomic E-state index is -0.458. The number of nitrogens with two attached hydrogens (primary N) is 1. The van der Waals surface area contributed by atoms with Crippen LogP contribution in [-0.4, -0.2) is 6.61 Å². The van der Waals surface area contributed by atoms with Gasteiger partial charge in [0.05, 0.1) is 6.61 Å². The zero-order valence-electron chi connectivity index (χ0n) is 11.3. The van der Waals surface area contributed by atoms with Crippen LogP contribution in [0, 0.1) is 11.6 Å². The molecule has 0 fully saturated rings. The fourth-order valence-corrected chi connectivity index (χ4v) is 2.03. The summed E-state index contributed by atoms with van der Waals surface area (Å²) in [5, 5.41) is 0. The summed E-state index contributed by atoms with van der Waals surface area (Å²) in [5.74, 6) is -0.131. The first-order valence-corrected chi connectivity index (χ1v) is 6.52. The van der Waals surface area contributed by atoms with Crippen LogP contribution in [-0.2, 0) is 6.42 Å². The van der Waals surface area contributed by atoms with Gasteiger partial charge in [0.1, 0.15) is 17.4 Å². The van der Waals surface area contributed by atoms with Gasteiger partial charge in [-0.2, -0.15) is 0 Å². The summed E-state index contributed by atoms with van der Waals surface area (Å²) in [5.41, 5.74) is 7.18. The molecule has 0 aromatic heterocycles. The number of rotatable bonds is 5. The quantitative estimate of drug-likeness (QED) is 0.906. The smallest absolute Gasteiger partial charge is 0.126 e. The fourth-order valence-electron chi connectivity index (χ4n) is 2.03. The van der Waals surface area contributed by atoms with E-state index in [1.807, 2.05) is 31.2 Å². The number of halogens is 2. The molecule has 0 amide bonds. The van der Waals surface area contributed by atoms with Crippen molar-refractivity contribution in [1.82, 2.24) is 0 Å². The van der Waals surface area contributed by atoms with Crippen LogP contribution in [0.4, 0.5) is 8.78 Å². The molecule has 2 aromatic carbocycles. The zero-order valence-corrected chi connectivity index (χ0v) is 11.3. The number of ether oxygens (including phenoxy) is 1. The monoisotopic (exact) mass is 277 g/mol. The van der Waals surface area contributed by atoms with Gasteiger partial charge in [-0.1, -0.05) is 12.1 Å². The molecule has 0 saturated carbocycles. The van der Waals surface area contributed by atoms with Crippen LogP contribution in [0.3, 0.4) is 0 Å². The summed E-state index contributed by atoms with van der Waals surface area (Å²) in [7, 11) is 0. The van der Waals surface area contributed by atoms with Crippen molar-refractivity contribution >= 4 is 0 Å². The highest BCUT2D eigenvalue weighted by molar-refractivity contribution is 5.30. The third-order valence-corrected chi connectivity index (χ3v) is 3.07. The molecule has 0 aliphatic carbocycles. The number of hydrogen-bond donors (Lipinski definition) is 1. The molecule has 0 saturated heterocycles. The highest BCUT2D eigenvalue weighted by Gasteiger charge is 2.11. The SMILES string of the molecule is CCOc1ccc(C(N)Cc2cc(F)ccc2F)cc1. The molecule has 2 nitrogen and oxygen atoms in total. The Balaban J connectivity index is 2.11. The fraction of sp³-hybridized carbons (Fsp3) is 0.250. The van der Waals surface area contributed by atoms with Crippen molar-refractivity contribution in [3.05, 3.63) is 65.2 Å². The predicted molar refractivity (Wildman–Crippen MR) is 74.6 cm³/mol. The van der Waals surface area contributed by atoms with Gasteiger partial charge >= 0.3 is 0 Å². The summed E-state index contributed by atoms with van der Waals surface area (Å²) in [6, 6.07) is 10.3. The highest BCUT2D eigenvalue weighted by atomic mass is 19.1. The Bertz CT molecular complexity index is 569. The molecule has 2 aromatic rings. The maximum Gasteiger partial charge on any atom is 0.126 e. The lowest BCUT2D eigenvalue weighted by molar-refractivity contribution is 0.340. The van der Waals surface area contributed by atoms with Gasteiger partial charge in [0.15, 0.2) is 0 Å². The zero-order chi connectivity index (χ0) is 14.5. The maximum absolute atomic E-state index is 13.6. The summed E-state index contributed by atoms with van der Waals surface area (Å²) in [6.45, 7) is 2.51. The molecule has 0 aliphatic rings. The van der Waals surface area contributed by atoms with Gasteiger partial charge in [-0.15, -0.1) is 0 Å². The van der Waals surface area contributed by atoms with Crippen LogP contribution < -0.4 is 10.5 Å². The first-order chi connectivity index (χ1) is 9.60. The molecular weight excluding hydrogens is 260 g/mol. The Morgan fingerprint density at radius 2 is 1.80 bits per heavy atom. The van der Waals surface area contributed by atoms with Gasteiger partial charge in [-0.3, -0.25) is 0 Å². The van der Waals surface area contributed by atoms with E-state index in [9.17, 15) is 8.78 Å². The number of benzene rings is 2. The molecule has 106 valence electrons. The van der Waals surface area contributed by atoms with E-state index in [0.717, 1.165) is 23.4 Å². The van der Waals surface area contributed by atoms with Crippen LogP contribution in [0.2, 0.25) is 0 Å². The minimum Gasteiger partial charge on any atom is -0.494 e. The topological polar surface area (TPSA) is 35.2 Å². The van der Waals surface area contributed by atoms with Crippen molar-refractivity contribution in [3.8, 4) is 5.75 Å². The van der Waals surface area contributed by atoms with E-state index in [4.69, 9.17) is 10.5 Å². The lowest BCUT2D eigenvalue weighted by Gasteiger charge is -2.13. The molecule has 0 heterocycles. The first-order valence-electron chi connectivity index (χ1n) is 6.52. The van der Waals surface area contributed by atoms with E-state index >= 15 is 0 Å². The second kappa shape index (κ2) is 6.48. The average Bonchev–Trinajstić information content (AvgIpc) is 2.44. The molecule has 0 spiro atoms. The van der Waals surface area contributed by atoms with Gasteiger partial charge in [0.25, 0.3) is 0 Å².